The molecule has 3 heteroatoms. The molecule has 214 valence electrons. The fraction of sp³-hybridized carbons (Fsp3) is 0.143. The predicted molar refractivity (Wildman–Crippen MR) is 182 cm³/mol. The Bertz CT molecular complexity index is 2170. The summed E-state index contributed by atoms with van der Waals surface area (Å²) in [6, 6.07) is 35.5. The molecule has 5 aromatic rings. The maximum atomic E-state index is 5.42. The van der Waals surface area contributed by atoms with E-state index in [0.717, 1.165) is 42.2 Å². The monoisotopic (exact) mass is 577 g/mol. The third-order valence-electron chi connectivity index (χ3n) is 10.5. The lowest BCUT2D eigenvalue weighted by molar-refractivity contribution is 0.766. The molecule has 3 nitrogen and oxygen atoms in total. The third kappa shape index (κ3) is 3.70. The van der Waals surface area contributed by atoms with Gasteiger partial charge >= 0.3 is 0 Å². The van der Waals surface area contributed by atoms with Crippen molar-refractivity contribution < 1.29 is 0 Å². The second kappa shape index (κ2) is 9.36. The Morgan fingerprint density at radius 1 is 0.733 bits per heavy atom. The van der Waals surface area contributed by atoms with E-state index in [4.69, 9.17) is 9.97 Å². The molecule has 45 heavy (non-hydrogen) atoms. The van der Waals surface area contributed by atoms with Crippen molar-refractivity contribution in [2.24, 2.45) is 5.92 Å². The number of rotatable bonds is 4. The van der Waals surface area contributed by atoms with E-state index in [1.54, 1.807) is 0 Å². The summed E-state index contributed by atoms with van der Waals surface area (Å²) in [6.45, 7) is 0. The number of allylic oxidation sites excluding steroid dienone is 8. The Balaban J connectivity index is 1.17. The molecule has 1 aromatic heterocycles. The van der Waals surface area contributed by atoms with Gasteiger partial charge in [-0.15, -0.1) is 0 Å². The summed E-state index contributed by atoms with van der Waals surface area (Å²) in [5, 5.41) is 0. The Kier molecular flexibility index (Phi) is 5.22. The van der Waals surface area contributed by atoms with Gasteiger partial charge in [0.25, 0.3) is 0 Å². The van der Waals surface area contributed by atoms with E-state index in [2.05, 4.69) is 144 Å². The summed E-state index contributed by atoms with van der Waals surface area (Å²) < 4.78 is 0. The predicted octanol–water partition coefficient (Wildman–Crippen LogP) is 9.84. The van der Waals surface area contributed by atoms with Crippen molar-refractivity contribution in [3.63, 3.8) is 0 Å². The topological polar surface area (TPSA) is 29.0 Å². The maximum absolute atomic E-state index is 5.42. The maximum Gasteiger partial charge on any atom is 0.235 e. The van der Waals surface area contributed by atoms with Gasteiger partial charge in [-0.2, -0.15) is 0 Å². The number of hydrogen-bond donors (Lipinski definition) is 0. The minimum Gasteiger partial charge on any atom is -0.282 e. The molecule has 2 unspecified atom stereocenters. The van der Waals surface area contributed by atoms with Crippen molar-refractivity contribution in [2.75, 3.05) is 4.90 Å². The third-order valence-corrected chi connectivity index (χ3v) is 10.5. The van der Waals surface area contributed by atoms with Gasteiger partial charge in [0.1, 0.15) is 0 Å². The second-order valence-corrected chi connectivity index (χ2v) is 13.0. The molecule has 1 aliphatic heterocycles. The molecule has 1 fully saturated rings. The van der Waals surface area contributed by atoms with E-state index in [-0.39, 0.29) is 11.3 Å². The highest BCUT2D eigenvalue weighted by molar-refractivity contribution is 5.92. The highest BCUT2D eigenvalue weighted by Gasteiger charge is 2.54. The van der Waals surface area contributed by atoms with Crippen LogP contribution in [0.1, 0.15) is 41.1 Å². The molecule has 4 aromatic carbocycles. The summed E-state index contributed by atoms with van der Waals surface area (Å²) >= 11 is 0. The molecule has 0 radical (unpaired) electrons. The fourth-order valence-corrected chi connectivity index (χ4v) is 8.20. The molecular weight excluding hydrogens is 546 g/mol. The SMILES string of the molecule is C1=CC[C@H]2C(=C1)N(c1nc(-c3ccccc3)cc(C34C=CC=CC3C4)n1)c1cc(-c3cccc4c3-c3ccccc3C4)ccc12. The van der Waals surface area contributed by atoms with E-state index in [1.165, 1.54) is 50.3 Å². The average Bonchev–Trinajstić information content (AvgIpc) is 3.61. The minimum atomic E-state index is -0.0430. The first kappa shape index (κ1) is 25.1. The molecular formula is C42H31N3. The fourth-order valence-electron chi connectivity index (χ4n) is 8.20. The largest absolute Gasteiger partial charge is 0.282 e. The molecule has 0 saturated heterocycles. The molecule has 0 spiro atoms. The van der Waals surface area contributed by atoms with Crippen molar-refractivity contribution in [1.82, 2.24) is 9.97 Å². The van der Waals surface area contributed by atoms with Crippen LogP contribution >= 0.6 is 0 Å². The summed E-state index contributed by atoms with van der Waals surface area (Å²) in [7, 11) is 0. The Hall–Kier alpha value is -5.28. The molecule has 3 atom stereocenters. The van der Waals surface area contributed by atoms with Gasteiger partial charge in [-0.1, -0.05) is 121 Å². The standard InChI is InChI=1S/C42H31N3/c1-2-11-27(12-3-1)36-25-39(42-22-9-8-15-31(42)26-42)44-41(43-36)45-37-19-7-6-17-34(37)35-21-20-29(24-38(35)45)33-18-10-14-30-23-28-13-4-5-16-32(28)40(30)33/h1-16,18-22,24-25,31,34H,17,23,26H2/t31?,34-,42?/m1/s1. The number of aromatic nitrogens is 2. The van der Waals surface area contributed by atoms with Crippen molar-refractivity contribution in [1.29, 1.82) is 0 Å². The first-order valence-electron chi connectivity index (χ1n) is 16.1. The molecule has 4 aliphatic carbocycles. The van der Waals surface area contributed by atoms with E-state index >= 15 is 0 Å². The van der Waals surface area contributed by atoms with Crippen molar-refractivity contribution >= 4 is 11.6 Å². The minimum absolute atomic E-state index is 0.0430. The summed E-state index contributed by atoms with van der Waals surface area (Å²) in [6.07, 6.45) is 18.9. The van der Waals surface area contributed by atoms with E-state index in [0.29, 0.717) is 5.92 Å². The first-order chi connectivity index (χ1) is 22.3. The number of anilines is 2. The second-order valence-electron chi connectivity index (χ2n) is 13.0. The van der Waals surface area contributed by atoms with Gasteiger partial charge in [0.15, 0.2) is 0 Å². The summed E-state index contributed by atoms with van der Waals surface area (Å²) in [5.74, 6) is 1.55. The lowest BCUT2D eigenvalue weighted by atomic mass is 9.89. The lowest BCUT2D eigenvalue weighted by Crippen LogP contribution is -2.20. The van der Waals surface area contributed by atoms with E-state index in [1.807, 2.05) is 0 Å². The van der Waals surface area contributed by atoms with Crippen LogP contribution < -0.4 is 4.90 Å². The number of hydrogen-bond acceptors (Lipinski definition) is 3. The summed E-state index contributed by atoms with van der Waals surface area (Å²) in [5.41, 5.74) is 15.0. The Labute approximate surface area is 263 Å². The molecule has 0 amide bonds. The highest BCUT2D eigenvalue weighted by Crippen LogP contribution is 2.58. The van der Waals surface area contributed by atoms with Gasteiger partial charge in [-0.05, 0) is 82.3 Å². The normalized spacial score (nSPS) is 22.8. The van der Waals surface area contributed by atoms with E-state index in [9.17, 15) is 0 Å². The smallest absolute Gasteiger partial charge is 0.235 e. The molecule has 10 rings (SSSR count). The summed E-state index contributed by atoms with van der Waals surface area (Å²) in [4.78, 5) is 13.1. The van der Waals surface area contributed by atoms with Gasteiger partial charge in [-0.3, -0.25) is 4.90 Å². The molecule has 5 aliphatic rings. The zero-order chi connectivity index (χ0) is 29.5. The highest BCUT2D eigenvalue weighted by atomic mass is 15.3. The van der Waals surface area contributed by atoms with E-state index < -0.39 is 0 Å². The van der Waals surface area contributed by atoms with Crippen LogP contribution in [0.25, 0.3) is 33.5 Å². The Morgan fingerprint density at radius 2 is 1.60 bits per heavy atom. The van der Waals surface area contributed by atoms with Gasteiger partial charge in [0.2, 0.25) is 5.95 Å². The molecule has 2 heterocycles. The number of benzene rings is 4. The zero-order valence-electron chi connectivity index (χ0n) is 24.9. The molecule has 0 N–H and O–H groups in total. The van der Waals surface area contributed by atoms with Crippen LogP contribution in [0.4, 0.5) is 11.6 Å². The van der Waals surface area contributed by atoms with Crippen molar-refractivity contribution in [2.45, 2.75) is 30.6 Å². The van der Waals surface area contributed by atoms with Crippen LogP contribution in [-0.2, 0) is 11.8 Å². The van der Waals surface area contributed by atoms with Crippen LogP contribution in [0.5, 0.6) is 0 Å². The van der Waals surface area contributed by atoms with Crippen LogP contribution in [-0.4, -0.2) is 9.97 Å². The van der Waals surface area contributed by atoms with Crippen molar-refractivity contribution in [3.8, 4) is 33.5 Å². The number of fused-ring (bicyclic) bond motifs is 7. The van der Waals surface area contributed by atoms with Gasteiger partial charge < -0.3 is 0 Å². The van der Waals surface area contributed by atoms with Gasteiger partial charge in [0, 0.05) is 22.6 Å². The Morgan fingerprint density at radius 3 is 2.53 bits per heavy atom. The van der Waals surface area contributed by atoms with Crippen LogP contribution in [0.2, 0.25) is 0 Å². The molecule has 0 bridgehead atoms. The number of nitrogens with zero attached hydrogens (tertiary/aromatic N) is 3. The quantitative estimate of drug-likeness (QED) is 0.209. The van der Waals surface area contributed by atoms with Crippen molar-refractivity contribution in [3.05, 3.63) is 168 Å². The average molecular weight is 578 g/mol. The lowest BCUT2D eigenvalue weighted by Gasteiger charge is -2.25. The molecule has 1 saturated carbocycles. The zero-order valence-corrected chi connectivity index (χ0v) is 24.9. The first-order valence-corrected chi connectivity index (χ1v) is 16.1. The van der Waals surface area contributed by atoms with Gasteiger partial charge in [0.05, 0.1) is 17.1 Å². The van der Waals surface area contributed by atoms with Gasteiger partial charge in [-0.25, -0.2) is 9.97 Å². The van der Waals surface area contributed by atoms with Crippen LogP contribution in [0.3, 0.4) is 0 Å². The van der Waals surface area contributed by atoms with Crippen LogP contribution in [0.15, 0.2) is 145 Å². The van der Waals surface area contributed by atoms with Crippen LogP contribution in [0, 0.1) is 5.92 Å².